The minimum absolute atomic E-state index is 0.0682. The lowest BCUT2D eigenvalue weighted by Gasteiger charge is -2.25. The Labute approximate surface area is 192 Å². The van der Waals surface area contributed by atoms with E-state index in [-0.39, 0.29) is 24.9 Å². The van der Waals surface area contributed by atoms with E-state index in [1.807, 2.05) is 6.92 Å². The summed E-state index contributed by atoms with van der Waals surface area (Å²) in [5, 5.41) is 20.3. The summed E-state index contributed by atoms with van der Waals surface area (Å²) in [4.78, 5) is 34.7. The van der Waals surface area contributed by atoms with Gasteiger partial charge in [0.2, 0.25) is 0 Å². The maximum Gasteiger partial charge on any atom is 0.412 e. The Hall–Kier alpha value is -3.65. The van der Waals surface area contributed by atoms with Crippen molar-refractivity contribution in [3.8, 4) is 5.75 Å². The zero-order valence-corrected chi connectivity index (χ0v) is 18.7. The van der Waals surface area contributed by atoms with Crippen LogP contribution in [0.2, 0.25) is 0 Å². The van der Waals surface area contributed by atoms with E-state index in [1.54, 1.807) is 54.6 Å². The molecule has 0 saturated carbocycles. The van der Waals surface area contributed by atoms with Gasteiger partial charge < -0.3 is 19.7 Å². The molecule has 0 aliphatic heterocycles. The number of aliphatic hydroxyl groups excluding tert-OH is 1. The number of Topliss-reactive ketones (excluding diaryl/α,β-unsaturated/α-hetero) is 1. The highest BCUT2D eigenvalue weighted by Crippen LogP contribution is 2.31. The van der Waals surface area contributed by atoms with E-state index in [1.165, 1.54) is 6.92 Å². The van der Waals surface area contributed by atoms with Crippen molar-refractivity contribution < 1.29 is 34.1 Å². The number of aliphatic carboxylic acids is 1. The third kappa shape index (κ3) is 8.78. The van der Waals surface area contributed by atoms with E-state index in [0.717, 1.165) is 11.6 Å². The zero-order chi connectivity index (χ0) is 24.2. The third-order valence-corrected chi connectivity index (χ3v) is 4.91. The second-order valence-corrected chi connectivity index (χ2v) is 7.52. The first-order chi connectivity index (χ1) is 15.8. The largest absolute Gasteiger partial charge is 0.491 e. The number of anilines is 1. The van der Waals surface area contributed by atoms with Gasteiger partial charge in [-0.1, -0.05) is 25.1 Å². The molecule has 0 radical (unpaired) electrons. The molecule has 0 unspecified atom stereocenters. The predicted molar refractivity (Wildman–Crippen MR) is 123 cm³/mol. The van der Waals surface area contributed by atoms with E-state index in [9.17, 15) is 14.4 Å². The Kier molecular flexibility index (Phi) is 10.1. The van der Waals surface area contributed by atoms with E-state index < -0.39 is 18.2 Å². The van der Waals surface area contributed by atoms with E-state index in [2.05, 4.69) is 5.32 Å². The van der Waals surface area contributed by atoms with Gasteiger partial charge in [0.05, 0.1) is 6.61 Å². The molecule has 0 aromatic heterocycles. The van der Waals surface area contributed by atoms with Gasteiger partial charge in [-0.3, -0.25) is 10.1 Å². The standard InChI is InChI=1S/C25H29NO7/c1-17(5-3-4-6-23(29)30)24(20-9-13-22(14-10-20)32-16-15-27)33-25(31)26-21-11-7-19(8-12-21)18(2)28/h4,6-14,17,24,27H,3,5,15-16H2,1-2H3,(H,26,31)(H,29,30)/b6-4+/t17-,24+/m0/s1. The molecule has 0 heterocycles. The number of aliphatic hydroxyl groups is 1. The number of carbonyl (C=O) groups is 3. The summed E-state index contributed by atoms with van der Waals surface area (Å²) in [5.74, 6) is -0.609. The fourth-order valence-corrected chi connectivity index (χ4v) is 3.18. The Morgan fingerprint density at radius 3 is 2.30 bits per heavy atom. The molecule has 0 spiro atoms. The van der Waals surface area contributed by atoms with Crippen molar-refractivity contribution in [3.63, 3.8) is 0 Å². The molecule has 0 bridgehead atoms. The molecule has 0 aliphatic rings. The van der Waals surface area contributed by atoms with Crippen LogP contribution in [-0.2, 0) is 9.53 Å². The van der Waals surface area contributed by atoms with Crippen LogP contribution in [0.25, 0.3) is 0 Å². The molecule has 0 saturated heterocycles. The van der Waals surface area contributed by atoms with Gasteiger partial charge in [-0.25, -0.2) is 9.59 Å². The first-order valence-electron chi connectivity index (χ1n) is 10.6. The Morgan fingerprint density at radius 2 is 1.73 bits per heavy atom. The summed E-state index contributed by atoms with van der Waals surface area (Å²) >= 11 is 0. The van der Waals surface area contributed by atoms with E-state index >= 15 is 0 Å². The van der Waals surface area contributed by atoms with Gasteiger partial charge in [0.15, 0.2) is 5.78 Å². The number of carboxylic acid groups (broad SMARTS) is 1. The van der Waals surface area contributed by atoms with Gasteiger partial charge in [0, 0.05) is 17.3 Å². The van der Waals surface area contributed by atoms with Gasteiger partial charge in [-0.15, -0.1) is 0 Å². The van der Waals surface area contributed by atoms with Crippen LogP contribution in [0.15, 0.2) is 60.7 Å². The Morgan fingerprint density at radius 1 is 1.06 bits per heavy atom. The van der Waals surface area contributed by atoms with Gasteiger partial charge in [0.25, 0.3) is 0 Å². The number of carbonyl (C=O) groups excluding carboxylic acids is 2. The molecular formula is C25H29NO7. The molecule has 8 heteroatoms. The molecule has 0 fully saturated rings. The number of rotatable bonds is 12. The molecule has 2 aromatic carbocycles. The molecule has 2 aromatic rings. The normalized spacial score (nSPS) is 12.7. The number of hydrogen-bond donors (Lipinski definition) is 3. The van der Waals surface area contributed by atoms with Crippen LogP contribution in [0.1, 0.15) is 48.7 Å². The monoisotopic (exact) mass is 455 g/mol. The van der Waals surface area contributed by atoms with Crippen LogP contribution in [0.3, 0.4) is 0 Å². The first-order valence-corrected chi connectivity index (χ1v) is 10.6. The minimum atomic E-state index is -1.01. The highest BCUT2D eigenvalue weighted by molar-refractivity contribution is 5.95. The van der Waals surface area contributed by atoms with Crippen LogP contribution in [-0.4, -0.2) is 41.3 Å². The maximum atomic E-state index is 12.6. The summed E-state index contributed by atoms with van der Waals surface area (Å²) < 4.78 is 11.1. The number of nitrogens with one attached hydrogen (secondary N) is 1. The third-order valence-electron chi connectivity index (χ3n) is 4.91. The average Bonchev–Trinajstić information content (AvgIpc) is 2.79. The van der Waals surface area contributed by atoms with Crippen molar-refractivity contribution in [2.45, 2.75) is 32.8 Å². The molecule has 33 heavy (non-hydrogen) atoms. The lowest BCUT2D eigenvalue weighted by molar-refractivity contribution is -0.131. The molecule has 1 amide bonds. The summed E-state index contributed by atoms with van der Waals surface area (Å²) in [6.45, 7) is 3.47. The van der Waals surface area contributed by atoms with Crippen LogP contribution in [0.4, 0.5) is 10.5 Å². The minimum Gasteiger partial charge on any atom is -0.491 e. The fraction of sp³-hybridized carbons (Fsp3) is 0.320. The predicted octanol–water partition coefficient (Wildman–Crippen LogP) is 4.61. The number of ether oxygens (including phenoxy) is 2. The van der Waals surface area contributed by atoms with Crippen LogP contribution < -0.4 is 10.1 Å². The highest BCUT2D eigenvalue weighted by atomic mass is 16.6. The number of benzene rings is 2. The molecule has 3 N–H and O–H groups in total. The van der Waals surface area contributed by atoms with Crippen molar-refractivity contribution in [3.05, 3.63) is 71.8 Å². The molecular weight excluding hydrogens is 426 g/mol. The van der Waals surface area contributed by atoms with Crippen molar-refractivity contribution >= 4 is 23.5 Å². The molecule has 2 rings (SSSR count). The van der Waals surface area contributed by atoms with Crippen molar-refractivity contribution in [1.29, 1.82) is 0 Å². The van der Waals surface area contributed by atoms with Crippen LogP contribution >= 0.6 is 0 Å². The molecule has 2 atom stereocenters. The molecule has 0 aliphatic carbocycles. The number of carboxylic acids is 1. The SMILES string of the molecule is CC(=O)c1ccc(NC(=O)O[C@@H](c2ccc(OCCO)cc2)[C@@H](C)CC/C=C/C(=O)O)cc1. The lowest BCUT2D eigenvalue weighted by atomic mass is 9.93. The zero-order valence-electron chi connectivity index (χ0n) is 18.7. The van der Waals surface area contributed by atoms with E-state index in [0.29, 0.717) is 29.8 Å². The number of amides is 1. The quantitative estimate of drug-likeness (QED) is 0.316. The topological polar surface area (TPSA) is 122 Å². The lowest BCUT2D eigenvalue weighted by Crippen LogP contribution is -2.22. The number of allylic oxidation sites excluding steroid dienone is 1. The average molecular weight is 456 g/mol. The van der Waals surface area contributed by atoms with Crippen molar-refractivity contribution in [2.75, 3.05) is 18.5 Å². The summed E-state index contributed by atoms with van der Waals surface area (Å²) in [6.07, 6.45) is 2.53. The van der Waals surface area contributed by atoms with Gasteiger partial charge >= 0.3 is 12.1 Å². The molecule has 176 valence electrons. The van der Waals surface area contributed by atoms with Crippen molar-refractivity contribution in [2.24, 2.45) is 5.92 Å². The summed E-state index contributed by atoms with van der Waals surface area (Å²) in [5.41, 5.74) is 1.79. The fourth-order valence-electron chi connectivity index (χ4n) is 3.18. The maximum absolute atomic E-state index is 12.6. The van der Waals surface area contributed by atoms with Crippen molar-refractivity contribution in [1.82, 2.24) is 0 Å². The van der Waals surface area contributed by atoms with Gasteiger partial charge in [-0.05, 0) is 67.6 Å². The van der Waals surface area contributed by atoms with E-state index in [4.69, 9.17) is 19.7 Å². The molecule has 8 nitrogen and oxygen atoms in total. The Bertz CT molecular complexity index is 952. The second-order valence-electron chi connectivity index (χ2n) is 7.52. The summed E-state index contributed by atoms with van der Waals surface area (Å²) in [7, 11) is 0. The highest BCUT2D eigenvalue weighted by Gasteiger charge is 2.23. The van der Waals surface area contributed by atoms with Gasteiger partial charge in [0.1, 0.15) is 18.5 Å². The Balaban J connectivity index is 2.12. The van der Waals surface area contributed by atoms with Crippen LogP contribution in [0.5, 0.6) is 5.75 Å². The number of hydrogen-bond acceptors (Lipinski definition) is 6. The summed E-state index contributed by atoms with van der Waals surface area (Å²) in [6, 6.07) is 13.5. The number of ketones is 1. The second kappa shape index (κ2) is 13.0. The van der Waals surface area contributed by atoms with Gasteiger partial charge in [-0.2, -0.15) is 0 Å². The van der Waals surface area contributed by atoms with Crippen LogP contribution in [0, 0.1) is 5.92 Å². The first kappa shape index (κ1) is 25.6. The smallest absolute Gasteiger partial charge is 0.412 e.